The van der Waals surface area contributed by atoms with Gasteiger partial charge in [-0.15, -0.1) is 0 Å². The summed E-state index contributed by atoms with van der Waals surface area (Å²) >= 11 is 0. The normalized spacial score (nSPS) is 31.8. The monoisotopic (exact) mass is 288 g/mol. The van der Waals surface area contributed by atoms with E-state index in [1.165, 1.54) is 57.3 Å². The van der Waals surface area contributed by atoms with Gasteiger partial charge in [0.25, 0.3) is 0 Å². The first kappa shape index (κ1) is 15.0. The molecule has 0 amide bonds. The first-order valence-corrected chi connectivity index (χ1v) is 8.55. The quantitative estimate of drug-likeness (QED) is 0.851. The number of nitrogens with zero attached hydrogens (tertiary/aromatic N) is 2. The highest BCUT2D eigenvalue weighted by molar-refractivity contribution is 5.16. The van der Waals surface area contributed by atoms with Gasteiger partial charge in [0.05, 0.1) is 6.10 Å². The second kappa shape index (κ2) is 7.37. The molecule has 3 heteroatoms. The number of hydrogen-bond donors (Lipinski definition) is 0. The minimum atomic E-state index is 0.459. The summed E-state index contributed by atoms with van der Waals surface area (Å²) in [4.78, 5) is 6.84. The molecule has 3 nitrogen and oxygen atoms in total. The zero-order valence-electron chi connectivity index (χ0n) is 13.2. The van der Waals surface area contributed by atoms with Gasteiger partial charge in [0, 0.05) is 25.5 Å². The second-order valence-electron chi connectivity index (χ2n) is 6.78. The SMILES string of the molecule is CC1CC(CN2CCCC(c3ccncc3)CC2)CCO1. The third-order valence-corrected chi connectivity index (χ3v) is 5.11. The second-order valence-corrected chi connectivity index (χ2v) is 6.78. The van der Waals surface area contributed by atoms with Crippen LogP contribution in [0.2, 0.25) is 0 Å². The largest absolute Gasteiger partial charge is 0.378 e. The number of rotatable bonds is 3. The molecule has 3 atom stereocenters. The van der Waals surface area contributed by atoms with Crippen molar-refractivity contribution in [2.45, 2.75) is 51.0 Å². The molecule has 0 N–H and O–H groups in total. The van der Waals surface area contributed by atoms with Crippen LogP contribution in [0.25, 0.3) is 0 Å². The van der Waals surface area contributed by atoms with E-state index in [2.05, 4.69) is 28.9 Å². The number of likely N-dealkylation sites (tertiary alicyclic amines) is 1. The Morgan fingerprint density at radius 3 is 2.86 bits per heavy atom. The van der Waals surface area contributed by atoms with Crippen LogP contribution < -0.4 is 0 Å². The molecule has 1 aromatic rings. The van der Waals surface area contributed by atoms with Gasteiger partial charge < -0.3 is 9.64 Å². The average Bonchev–Trinajstić information content (AvgIpc) is 2.74. The van der Waals surface area contributed by atoms with E-state index in [9.17, 15) is 0 Å². The molecule has 2 aliphatic rings. The van der Waals surface area contributed by atoms with Crippen molar-refractivity contribution in [1.82, 2.24) is 9.88 Å². The van der Waals surface area contributed by atoms with Gasteiger partial charge in [-0.2, -0.15) is 0 Å². The zero-order chi connectivity index (χ0) is 14.5. The van der Waals surface area contributed by atoms with Crippen molar-refractivity contribution < 1.29 is 4.74 Å². The predicted molar refractivity (Wildman–Crippen MR) is 85.4 cm³/mol. The molecule has 3 unspecified atom stereocenters. The van der Waals surface area contributed by atoms with E-state index in [0.717, 1.165) is 18.4 Å². The summed E-state index contributed by atoms with van der Waals surface area (Å²) < 4.78 is 5.67. The lowest BCUT2D eigenvalue weighted by molar-refractivity contribution is -0.00532. The molecule has 0 aromatic carbocycles. The smallest absolute Gasteiger partial charge is 0.0550 e. The Hall–Kier alpha value is -0.930. The van der Waals surface area contributed by atoms with Gasteiger partial charge in [0.2, 0.25) is 0 Å². The van der Waals surface area contributed by atoms with Crippen LogP contribution in [0.3, 0.4) is 0 Å². The van der Waals surface area contributed by atoms with Crippen LogP contribution in [0, 0.1) is 5.92 Å². The van der Waals surface area contributed by atoms with Gasteiger partial charge >= 0.3 is 0 Å². The highest BCUT2D eigenvalue weighted by Crippen LogP contribution is 2.29. The summed E-state index contributed by atoms with van der Waals surface area (Å²) in [6.07, 6.45) is 10.8. The molecule has 0 radical (unpaired) electrons. The molecule has 0 spiro atoms. The van der Waals surface area contributed by atoms with Gasteiger partial charge in [-0.05, 0) is 81.6 Å². The lowest BCUT2D eigenvalue weighted by Gasteiger charge is -2.31. The Balaban J connectivity index is 1.51. The first-order chi connectivity index (χ1) is 10.3. The predicted octanol–water partition coefficient (Wildman–Crippen LogP) is 3.47. The lowest BCUT2D eigenvalue weighted by atomic mass is 9.93. The fourth-order valence-electron chi connectivity index (χ4n) is 3.93. The first-order valence-electron chi connectivity index (χ1n) is 8.55. The van der Waals surface area contributed by atoms with Crippen molar-refractivity contribution >= 4 is 0 Å². The van der Waals surface area contributed by atoms with Gasteiger partial charge in [0.15, 0.2) is 0 Å². The molecule has 2 fully saturated rings. The van der Waals surface area contributed by atoms with E-state index < -0.39 is 0 Å². The van der Waals surface area contributed by atoms with Crippen LogP contribution in [0.5, 0.6) is 0 Å². The summed E-state index contributed by atoms with van der Waals surface area (Å²) in [5.41, 5.74) is 1.48. The van der Waals surface area contributed by atoms with Crippen LogP contribution in [0.1, 0.15) is 50.5 Å². The maximum absolute atomic E-state index is 5.67. The van der Waals surface area contributed by atoms with Crippen molar-refractivity contribution in [2.75, 3.05) is 26.2 Å². The van der Waals surface area contributed by atoms with Gasteiger partial charge in [-0.1, -0.05) is 0 Å². The topological polar surface area (TPSA) is 25.4 Å². The molecule has 116 valence electrons. The zero-order valence-corrected chi connectivity index (χ0v) is 13.2. The van der Waals surface area contributed by atoms with Crippen molar-refractivity contribution in [2.24, 2.45) is 5.92 Å². The van der Waals surface area contributed by atoms with Crippen LogP contribution >= 0.6 is 0 Å². The Kier molecular flexibility index (Phi) is 5.26. The Morgan fingerprint density at radius 2 is 2.05 bits per heavy atom. The fraction of sp³-hybridized carbons (Fsp3) is 0.722. The maximum atomic E-state index is 5.67. The summed E-state index contributed by atoms with van der Waals surface area (Å²) in [7, 11) is 0. The average molecular weight is 288 g/mol. The van der Waals surface area contributed by atoms with E-state index in [4.69, 9.17) is 4.74 Å². The minimum Gasteiger partial charge on any atom is -0.378 e. The van der Waals surface area contributed by atoms with Crippen LogP contribution in [0.4, 0.5) is 0 Å². The molecule has 0 aliphatic carbocycles. The van der Waals surface area contributed by atoms with Gasteiger partial charge in [0.1, 0.15) is 0 Å². The third kappa shape index (κ3) is 4.27. The van der Waals surface area contributed by atoms with Crippen molar-refractivity contribution in [3.05, 3.63) is 30.1 Å². The minimum absolute atomic E-state index is 0.459. The summed E-state index contributed by atoms with van der Waals surface area (Å²) in [5, 5.41) is 0. The molecular formula is C18H28N2O. The van der Waals surface area contributed by atoms with E-state index in [1.54, 1.807) is 0 Å². The molecule has 3 heterocycles. The number of hydrogen-bond acceptors (Lipinski definition) is 3. The van der Waals surface area contributed by atoms with E-state index >= 15 is 0 Å². The highest BCUT2D eigenvalue weighted by Gasteiger charge is 2.24. The number of pyridine rings is 1. The number of ether oxygens (including phenoxy) is 1. The molecule has 0 bridgehead atoms. The van der Waals surface area contributed by atoms with E-state index in [-0.39, 0.29) is 0 Å². The molecule has 0 saturated carbocycles. The van der Waals surface area contributed by atoms with Crippen LogP contribution in [-0.2, 0) is 4.74 Å². The van der Waals surface area contributed by atoms with Crippen LogP contribution in [0.15, 0.2) is 24.5 Å². The van der Waals surface area contributed by atoms with Gasteiger partial charge in [-0.25, -0.2) is 0 Å². The van der Waals surface area contributed by atoms with Crippen molar-refractivity contribution in [3.8, 4) is 0 Å². The lowest BCUT2D eigenvalue weighted by Crippen LogP contribution is -2.35. The Bertz CT molecular complexity index is 422. The van der Waals surface area contributed by atoms with E-state index in [1.807, 2.05) is 12.4 Å². The molecule has 2 saturated heterocycles. The summed E-state index contributed by atoms with van der Waals surface area (Å²) in [5.74, 6) is 1.57. The maximum Gasteiger partial charge on any atom is 0.0550 e. The van der Waals surface area contributed by atoms with Crippen LogP contribution in [-0.4, -0.2) is 42.2 Å². The Morgan fingerprint density at radius 1 is 1.19 bits per heavy atom. The Labute approximate surface area is 128 Å². The number of aromatic nitrogens is 1. The van der Waals surface area contributed by atoms with Crippen molar-refractivity contribution in [3.63, 3.8) is 0 Å². The molecule has 2 aliphatic heterocycles. The standard InChI is InChI=1S/C18H28N2O/c1-15-13-16(7-12-21-15)14-20-10-2-3-17(6-11-20)18-4-8-19-9-5-18/h4-5,8-9,15-17H,2-3,6-7,10-14H2,1H3. The highest BCUT2D eigenvalue weighted by atomic mass is 16.5. The molecular weight excluding hydrogens is 260 g/mol. The summed E-state index contributed by atoms with van der Waals surface area (Å²) in [6.45, 7) is 6.97. The fourth-order valence-corrected chi connectivity index (χ4v) is 3.93. The third-order valence-electron chi connectivity index (χ3n) is 5.11. The van der Waals surface area contributed by atoms with Gasteiger partial charge in [-0.3, -0.25) is 4.98 Å². The van der Waals surface area contributed by atoms with Crippen molar-refractivity contribution in [1.29, 1.82) is 0 Å². The molecule has 3 rings (SSSR count). The summed E-state index contributed by atoms with van der Waals surface area (Å²) in [6, 6.07) is 4.39. The molecule has 1 aromatic heterocycles. The molecule has 21 heavy (non-hydrogen) atoms. The van der Waals surface area contributed by atoms with E-state index in [0.29, 0.717) is 6.10 Å².